The molecule has 0 aromatic rings. The van der Waals surface area contributed by atoms with Gasteiger partial charge in [0.2, 0.25) is 0 Å². The van der Waals surface area contributed by atoms with Crippen LogP contribution in [0.3, 0.4) is 0 Å². The van der Waals surface area contributed by atoms with E-state index >= 15 is 0 Å². The van der Waals surface area contributed by atoms with Crippen LogP contribution in [0, 0.1) is 0 Å². The molecule has 0 saturated heterocycles. The van der Waals surface area contributed by atoms with Crippen LogP contribution in [0.25, 0.3) is 0 Å². The molecule has 144 valence electrons. The Morgan fingerprint density at radius 1 is 0.958 bits per heavy atom. The predicted octanol–water partition coefficient (Wildman–Crippen LogP) is 3.10. The number of hydrogen-bond acceptors (Lipinski definition) is 4. The Bertz CT molecular complexity index is 315. The molecule has 7 heteroatoms. The molecule has 0 bridgehead atoms. The number of hydrogen-bond donors (Lipinski definition) is 2. The Kier molecular flexibility index (Phi) is 21.9. The van der Waals surface area contributed by atoms with Crippen molar-refractivity contribution < 1.29 is 14.3 Å². The fourth-order valence-electron chi connectivity index (χ4n) is 2.03. The molecule has 0 fully saturated rings. The smallest absolute Gasteiger partial charge is 0.305 e. The van der Waals surface area contributed by atoms with Crippen molar-refractivity contribution in [3.63, 3.8) is 0 Å². The van der Waals surface area contributed by atoms with Crippen LogP contribution < -0.4 is 10.6 Å². The first-order chi connectivity index (χ1) is 11.2. The minimum Gasteiger partial charge on any atom is -0.466 e. The third kappa shape index (κ3) is 17.8. The quantitative estimate of drug-likeness (QED) is 0.138. The SMILES string of the molecule is CCNC(=NCCCOCC)NCCCCCCC(=O)OCC.I. The maximum absolute atomic E-state index is 11.2. The molecule has 0 aliphatic heterocycles. The summed E-state index contributed by atoms with van der Waals surface area (Å²) in [5.74, 6) is 0.787. The Morgan fingerprint density at radius 2 is 1.71 bits per heavy atom. The van der Waals surface area contributed by atoms with Crippen molar-refractivity contribution in [2.75, 3.05) is 39.5 Å². The van der Waals surface area contributed by atoms with Crippen molar-refractivity contribution in [3.8, 4) is 0 Å². The van der Waals surface area contributed by atoms with Gasteiger partial charge in [0.25, 0.3) is 0 Å². The molecule has 0 rings (SSSR count). The van der Waals surface area contributed by atoms with E-state index in [-0.39, 0.29) is 29.9 Å². The van der Waals surface area contributed by atoms with E-state index in [4.69, 9.17) is 9.47 Å². The molecule has 24 heavy (non-hydrogen) atoms. The van der Waals surface area contributed by atoms with Gasteiger partial charge >= 0.3 is 5.97 Å². The van der Waals surface area contributed by atoms with Crippen LogP contribution in [-0.2, 0) is 14.3 Å². The zero-order chi connectivity index (χ0) is 17.2. The highest BCUT2D eigenvalue weighted by Crippen LogP contribution is 2.03. The molecule has 0 aliphatic rings. The average Bonchev–Trinajstić information content (AvgIpc) is 2.53. The molecule has 0 heterocycles. The van der Waals surface area contributed by atoms with E-state index in [0.717, 1.165) is 70.9 Å². The van der Waals surface area contributed by atoms with Gasteiger partial charge in [0.05, 0.1) is 6.61 Å². The lowest BCUT2D eigenvalue weighted by Gasteiger charge is -2.11. The van der Waals surface area contributed by atoms with Crippen LogP contribution in [0.15, 0.2) is 4.99 Å². The molecular formula is C17H36IN3O3. The van der Waals surface area contributed by atoms with E-state index in [1.807, 2.05) is 13.8 Å². The lowest BCUT2D eigenvalue weighted by atomic mass is 10.1. The van der Waals surface area contributed by atoms with Crippen molar-refractivity contribution in [1.29, 1.82) is 0 Å². The second-order valence-electron chi connectivity index (χ2n) is 5.21. The maximum Gasteiger partial charge on any atom is 0.305 e. The first-order valence-electron chi connectivity index (χ1n) is 9.00. The average molecular weight is 457 g/mol. The van der Waals surface area contributed by atoms with Crippen LogP contribution >= 0.6 is 24.0 Å². The number of carbonyl (C=O) groups excluding carboxylic acids is 1. The third-order valence-corrected chi connectivity index (χ3v) is 3.17. The summed E-state index contributed by atoms with van der Waals surface area (Å²) in [6, 6.07) is 0. The van der Waals surface area contributed by atoms with Gasteiger partial charge in [-0.3, -0.25) is 9.79 Å². The van der Waals surface area contributed by atoms with Crippen molar-refractivity contribution in [2.45, 2.75) is 59.3 Å². The largest absolute Gasteiger partial charge is 0.466 e. The van der Waals surface area contributed by atoms with Gasteiger partial charge < -0.3 is 20.1 Å². The fraction of sp³-hybridized carbons (Fsp3) is 0.882. The monoisotopic (exact) mass is 457 g/mol. The van der Waals surface area contributed by atoms with Crippen molar-refractivity contribution in [1.82, 2.24) is 10.6 Å². The summed E-state index contributed by atoms with van der Waals surface area (Å²) in [5.41, 5.74) is 0. The van der Waals surface area contributed by atoms with Gasteiger partial charge in [0.15, 0.2) is 5.96 Å². The van der Waals surface area contributed by atoms with E-state index in [1.54, 1.807) is 0 Å². The van der Waals surface area contributed by atoms with E-state index in [1.165, 1.54) is 0 Å². The van der Waals surface area contributed by atoms with Crippen LogP contribution in [-0.4, -0.2) is 51.4 Å². The molecule has 0 spiro atoms. The Balaban J connectivity index is 0. The fourth-order valence-corrected chi connectivity index (χ4v) is 2.03. The first-order valence-corrected chi connectivity index (χ1v) is 9.00. The number of ether oxygens (including phenoxy) is 2. The van der Waals surface area contributed by atoms with Gasteiger partial charge in [-0.15, -0.1) is 24.0 Å². The van der Waals surface area contributed by atoms with Crippen LogP contribution in [0.2, 0.25) is 0 Å². The number of guanidine groups is 1. The molecule has 0 atom stereocenters. The molecule has 0 aromatic carbocycles. The highest BCUT2D eigenvalue weighted by Gasteiger charge is 2.01. The maximum atomic E-state index is 11.2. The van der Waals surface area contributed by atoms with Crippen LogP contribution in [0.4, 0.5) is 0 Å². The normalized spacial score (nSPS) is 10.9. The third-order valence-electron chi connectivity index (χ3n) is 3.17. The Hall–Kier alpha value is -0.570. The van der Waals surface area contributed by atoms with Gasteiger partial charge in [-0.25, -0.2) is 0 Å². The number of carbonyl (C=O) groups is 1. The van der Waals surface area contributed by atoms with Crippen molar-refractivity contribution in [3.05, 3.63) is 0 Å². The minimum atomic E-state index is -0.0840. The summed E-state index contributed by atoms with van der Waals surface area (Å²) in [5, 5.41) is 6.58. The standard InChI is InChI=1S/C17H35N3O3.HI/c1-4-18-17(20-14-11-15-22-5-2)19-13-10-8-7-9-12-16(21)23-6-3;/h4-15H2,1-3H3,(H2,18,19,20);1H. The van der Waals surface area contributed by atoms with Gasteiger partial charge in [-0.1, -0.05) is 12.8 Å². The number of aliphatic imine (C=N–C) groups is 1. The summed E-state index contributed by atoms with van der Waals surface area (Å²) in [7, 11) is 0. The number of rotatable bonds is 14. The summed E-state index contributed by atoms with van der Waals surface area (Å²) < 4.78 is 10.2. The van der Waals surface area contributed by atoms with Crippen LogP contribution in [0.1, 0.15) is 59.3 Å². The number of esters is 1. The van der Waals surface area contributed by atoms with E-state index < -0.39 is 0 Å². The second-order valence-corrected chi connectivity index (χ2v) is 5.21. The van der Waals surface area contributed by atoms with Crippen LogP contribution in [0.5, 0.6) is 0 Å². The highest BCUT2D eigenvalue weighted by molar-refractivity contribution is 14.0. The summed E-state index contributed by atoms with van der Waals surface area (Å²) in [6.45, 7) is 10.4. The predicted molar refractivity (Wildman–Crippen MR) is 110 cm³/mol. The van der Waals surface area contributed by atoms with Gasteiger partial charge in [-0.2, -0.15) is 0 Å². The Labute approximate surface area is 164 Å². The number of halogens is 1. The molecule has 0 amide bonds. The summed E-state index contributed by atoms with van der Waals surface area (Å²) >= 11 is 0. The lowest BCUT2D eigenvalue weighted by Crippen LogP contribution is -2.37. The zero-order valence-electron chi connectivity index (χ0n) is 15.6. The van der Waals surface area contributed by atoms with Crippen molar-refractivity contribution in [2.24, 2.45) is 4.99 Å². The minimum absolute atomic E-state index is 0. The van der Waals surface area contributed by atoms with E-state index in [0.29, 0.717) is 13.0 Å². The highest BCUT2D eigenvalue weighted by atomic mass is 127. The molecule has 2 N–H and O–H groups in total. The molecular weight excluding hydrogens is 421 g/mol. The number of unbranched alkanes of at least 4 members (excludes halogenated alkanes) is 3. The van der Waals surface area contributed by atoms with Crippen molar-refractivity contribution >= 4 is 35.9 Å². The summed E-state index contributed by atoms with van der Waals surface area (Å²) in [4.78, 5) is 15.7. The van der Waals surface area contributed by atoms with Gasteiger partial charge in [0.1, 0.15) is 0 Å². The molecule has 0 radical (unpaired) electrons. The lowest BCUT2D eigenvalue weighted by molar-refractivity contribution is -0.143. The van der Waals surface area contributed by atoms with Gasteiger partial charge in [-0.05, 0) is 40.0 Å². The molecule has 0 saturated carbocycles. The molecule has 0 aliphatic carbocycles. The molecule has 6 nitrogen and oxygen atoms in total. The van der Waals surface area contributed by atoms with E-state index in [9.17, 15) is 4.79 Å². The van der Waals surface area contributed by atoms with E-state index in [2.05, 4.69) is 22.5 Å². The summed E-state index contributed by atoms with van der Waals surface area (Å²) in [6.07, 6.45) is 5.62. The number of nitrogens with one attached hydrogen (secondary N) is 2. The Morgan fingerprint density at radius 3 is 2.38 bits per heavy atom. The second kappa shape index (κ2) is 20.5. The molecule has 0 unspecified atom stereocenters. The van der Waals surface area contributed by atoms with Gasteiger partial charge in [0, 0.05) is 39.3 Å². The topological polar surface area (TPSA) is 72.0 Å². The number of nitrogens with zero attached hydrogens (tertiary/aromatic N) is 1. The molecule has 0 aromatic heterocycles. The zero-order valence-corrected chi connectivity index (χ0v) is 17.9. The first kappa shape index (κ1) is 25.7.